The zero-order chi connectivity index (χ0) is 21.5. The minimum absolute atomic E-state index is 0.0257. The largest absolute Gasteiger partial charge is 0.497 e. The average Bonchev–Trinajstić information content (AvgIpc) is 2.76. The van der Waals surface area contributed by atoms with Gasteiger partial charge in [0.2, 0.25) is 11.8 Å². The quantitative estimate of drug-likeness (QED) is 0.731. The summed E-state index contributed by atoms with van der Waals surface area (Å²) in [6, 6.07) is 13.0. The van der Waals surface area contributed by atoms with Gasteiger partial charge in [-0.05, 0) is 57.1 Å². The van der Waals surface area contributed by atoms with Crippen molar-refractivity contribution in [3.63, 3.8) is 0 Å². The van der Waals surface area contributed by atoms with Crippen LogP contribution < -0.4 is 20.1 Å². The van der Waals surface area contributed by atoms with Crippen molar-refractivity contribution in [3.05, 3.63) is 48.0 Å². The molecule has 1 aliphatic heterocycles. The molecule has 3 rings (SSSR count). The van der Waals surface area contributed by atoms with Gasteiger partial charge < -0.3 is 20.1 Å². The monoisotopic (exact) mass is 411 g/mol. The number of hydrogen-bond donors (Lipinski definition) is 2. The third-order valence-electron chi connectivity index (χ3n) is 5.33. The first-order valence-electron chi connectivity index (χ1n) is 10.1. The van der Waals surface area contributed by atoms with Crippen LogP contribution in [0.25, 0.3) is 0 Å². The number of methoxy groups -OCH3 is 2. The summed E-state index contributed by atoms with van der Waals surface area (Å²) < 4.78 is 10.5. The van der Waals surface area contributed by atoms with E-state index in [4.69, 9.17) is 9.47 Å². The molecule has 2 aromatic rings. The van der Waals surface area contributed by atoms with Crippen LogP contribution in [0.5, 0.6) is 11.5 Å². The van der Waals surface area contributed by atoms with E-state index in [-0.39, 0.29) is 17.7 Å². The first-order valence-corrected chi connectivity index (χ1v) is 10.1. The van der Waals surface area contributed by atoms with Crippen molar-refractivity contribution in [1.82, 2.24) is 4.90 Å². The second-order valence-corrected chi connectivity index (χ2v) is 7.52. The van der Waals surface area contributed by atoms with Crippen molar-refractivity contribution in [1.29, 1.82) is 0 Å². The summed E-state index contributed by atoms with van der Waals surface area (Å²) in [7, 11) is 3.15. The number of piperidine rings is 1. The van der Waals surface area contributed by atoms with Crippen LogP contribution in [0.3, 0.4) is 0 Å². The summed E-state index contributed by atoms with van der Waals surface area (Å²) in [5.74, 6) is 1.08. The topological polar surface area (TPSA) is 79.9 Å². The fourth-order valence-corrected chi connectivity index (χ4v) is 3.53. The first-order chi connectivity index (χ1) is 14.5. The predicted molar refractivity (Wildman–Crippen MR) is 117 cm³/mol. The number of nitrogens with one attached hydrogen (secondary N) is 2. The van der Waals surface area contributed by atoms with Gasteiger partial charge in [-0.3, -0.25) is 14.5 Å². The van der Waals surface area contributed by atoms with E-state index in [2.05, 4.69) is 15.5 Å². The van der Waals surface area contributed by atoms with Crippen LogP contribution in [0.1, 0.15) is 18.4 Å². The summed E-state index contributed by atoms with van der Waals surface area (Å²) in [6.45, 7) is 3.75. The number of carbonyl (C=O) groups excluding carboxylic acids is 2. The Bertz CT molecular complexity index is 875. The molecule has 0 aliphatic carbocycles. The maximum atomic E-state index is 12.7. The van der Waals surface area contributed by atoms with Crippen LogP contribution in [-0.4, -0.2) is 50.6 Å². The van der Waals surface area contributed by atoms with E-state index in [0.29, 0.717) is 49.7 Å². The van der Waals surface area contributed by atoms with Crippen molar-refractivity contribution in [3.8, 4) is 11.5 Å². The fourth-order valence-electron chi connectivity index (χ4n) is 3.53. The Morgan fingerprint density at radius 3 is 2.33 bits per heavy atom. The Morgan fingerprint density at radius 1 is 1.00 bits per heavy atom. The highest BCUT2D eigenvalue weighted by Crippen LogP contribution is 2.30. The molecule has 0 spiro atoms. The smallest absolute Gasteiger partial charge is 0.238 e. The summed E-state index contributed by atoms with van der Waals surface area (Å²) in [5.41, 5.74) is 2.58. The van der Waals surface area contributed by atoms with E-state index >= 15 is 0 Å². The number of carbonyl (C=O) groups is 2. The lowest BCUT2D eigenvalue weighted by Crippen LogP contribution is -2.41. The summed E-state index contributed by atoms with van der Waals surface area (Å²) in [4.78, 5) is 27.1. The van der Waals surface area contributed by atoms with E-state index in [1.54, 1.807) is 32.4 Å². The van der Waals surface area contributed by atoms with Gasteiger partial charge in [0.05, 0.1) is 26.5 Å². The number of aryl methyl sites for hydroxylation is 1. The maximum Gasteiger partial charge on any atom is 0.238 e. The SMILES string of the molecule is COc1ccc(NC(=O)C2CCN(CC(=O)Nc3ccc(C)cc3)CC2)c(OC)c1. The maximum absolute atomic E-state index is 12.7. The van der Waals surface area contributed by atoms with Gasteiger partial charge in [0.1, 0.15) is 11.5 Å². The molecule has 0 atom stereocenters. The summed E-state index contributed by atoms with van der Waals surface area (Å²) in [5, 5.41) is 5.88. The van der Waals surface area contributed by atoms with Crippen molar-refractivity contribution < 1.29 is 19.1 Å². The van der Waals surface area contributed by atoms with Crippen molar-refractivity contribution in [2.45, 2.75) is 19.8 Å². The molecule has 0 saturated carbocycles. The highest BCUT2D eigenvalue weighted by molar-refractivity contribution is 5.94. The number of hydrogen-bond acceptors (Lipinski definition) is 5. The molecule has 0 aromatic heterocycles. The molecule has 1 heterocycles. The van der Waals surface area contributed by atoms with Crippen molar-refractivity contribution in [2.24, 2.45) is 5.92 Å². The normalized spacial score (nSPS) is 14.8. The molecule has 0 radical (unpaired) electrons. The summed E-state index contributed by atoms with van der Waals surface area (Å²) >= 11 is 0. The average molecular weight is 412 g/mol. The predicted octanol–water partition coefficient (Wildman–Crippen LogP) is 3.30. The Balaban J connectivity index is 1.47. The number of rotatable bonds is 7. The number of benzene rings is 2. The third kappa shape index (κ3) is 5.73. The van der Waals surface area contributed by atoms with E-state index in [9.17, 15) is 9.59 Å². The van der Waals surface area contributed by atoms with E-state index in [0.717, 1.165) is 11.3 Å². The molecule has 7 nitrogen and oxygen atoms in total. The van der Waals surface area contributed by atoms with Gasteiger partial charge in [0, 0.05) is 17.7 Å². The molecule has 1 fully saturated rings. The van der Waals surface area contributed by atoms with Gasteiger partial charge in [-0.1, -0.05) is 17.7 Å². The van der Waals surface area contributed by atoms with Gasteiger partial charge in [-0.2, -0.15) is 0 Å². The fraction of sp³-hybridized carbons (Fsp3) is 0.391. The van der Waals surface area contributed by atoms with Crippen LogP contribution in [0, 0.1) is 12.8 Å². The second-order valence-electron chi connectivity index (χ2n) is 7.52. The van der Waals surface area contributed by atoms with Crippen LogP contribution in [-0.2, 0) is 9.59 Å². The number of amides is 2. The molecule has 2 aromatic carbocycles. The highest BCUT2D eigenvalue weighted by atomic mass is 16.5. The van der Waals surface area contributed by atoms with Crippen LogP contribution >= 0.6 is 0 Å². The lowest BCUT2D eigenvalue weighted by atomic mass is 9.95. The van der Waals surface area contributed by atoms with Crippen LogP contribution in [0.2, 0.25) is 0 Å². The molecule has 2 amide bonds. The lowest BCUT2D eigenvalue weighted by Gasteiger charge is -2.30. The van der Waals surface area contributed by atoms with E-state index in [1.807, 2.05) is 31.2 Å². The molecule has 1 saturated heterocycles. The molecule has 0 bridgehead atoms. The summed E-state index contributed by atoms with van der Waals surface area (Å²) in [6.07, 6.45) is 1.42. The Morgan fingerprint density at radius 2 is 1.70 bits per heavy atom. The molecular weight excluding hydrogens is 382 g/mol. The minimum Gasteiger partial charge on any atom is -0.497 e. The molecular formula is C23H29N3O4. The molecule has 30 heavy (non-hydrogen) atoms. The molecule has 160 valence electrons. The van der Waals surface area contributed by atoms with Crippen LogP contribution in [0.15, 0.2) is 42.5 Å². The Kier molecular flexibility index (Phi) is 7.30. The Labute approximate surface area is 177 Å². The molecule has 7 heteroatoms. The zero-order valence-electron chi connectivity index (χ0n) is 17.7. The third-order valence-corrected chi connectivity index (χ3v) is 5.33. The molecule has 2 N–H and O–H groups in total. The van der Waals surface area contributed by atoms with E-state index in [1.165, 1.54) is 0 Å². The number of anilines is 2. The second kappa shape index (κ2) is 10.1. The van der Waals surface area contributed by atoms with Crippen molar-refractivity contribution in [2.75, 3.05) is 44.5 Å². The number of ether oxygens (including phenoxy) is 2. The van der Waals surface area contributed by atoms with Gasteiger partial charge in [-0.25, -0.2) is 0 Å². The van der Waals surface area contributed by atoms with Crippen molar-refractivity contribution >= 4 is 23.2 Å². The zero-order valence-corrected chi connectivity index (χ0v) is 17.7. The van der Waals surface area contributed by atoms with Gasteiger partial charge in [0.25, 0.3) is 0 Å². The first kappa shape index (κ1) is 21.6. The van der Waals surface area contributed by atoms with Gasteiger partial charge >= 0.3 is 0 Å². The van der Waals surface area contributed by atoms with Crippen LogP contribution in [0.4, 0.5) is 11.4 Å². The highest BCUT2D eigenvalue weighted by Gasteiger charge is 2.26. The van der Waals surface area contributed by atoms with Gasteiger partial charge in [-0.15, -0.1) is 0 Å². The Hall–Kier alpha value is -3.06. The van der Waals surface area contributed by atoms with Gasteiger partial charge in [0.15, 0.2) is 0 Å². The molecule has 1 aliphatic rings. The lowest BCUT2D eigenvalue weighted by molar-refractivity contribution is -0.121. The number of nitrogens with zero attached hydrogens (tertiary/aromatic N) is 1. The molecule has 0 unspecified atom stereocenters. The minimum atomic E-state index is -0.0896. The van der Waals surface area contributed by atoms with E-state index < -0.39 is 0 Å². The number of likely N-dealkylation sites (tertiary alicyclic amines) is 1. The standard InChI is InChI=1S/C23H29N3O4/c1-16-4-6-18(7-5-16)24-22(27)15-26-12-10-17(11-13-26)23(28)25-20-9-8-19(29-2)14-21(20)30-3/h4-9,14,17H,10-13,15H2,1-3H3,(H,24,27)(H,25,28).